The molecule has 0 unspecified atom stereocenters. The Labute approximate surface area is 132 Å². The van der Waals surface area contributed by atoms with Crippen molar-refractivity contribution in [3.05, 3.63) is 15.6 Å². The van der Waals surface area contributed by atoms with E-state index in [4.69, 9.17) is 0 Å². The fraction of sp³-hybridized carbons (Fsp3) is 0.615. The molecule has 114 valence electrons. The molecule has 0 radical (unpaired) electrons. The second-order valence-corrected chi connectivity index (χ2v) is 6.87. The fourth-order valence-electron chi connectivity index (χ4n) is 1.82. The Bertz CT molecular complexity index is 593. The van der Waals surface area contributed by atoms with Gasteiger partial charge in [0.05, 0.1) is 5.69 Å². The van der Waals surface area contributed by atoms with Gasteiger partial charge in [-0.25, -0.2) is 0 Å². The number of hydrogen-bond donors (Lipinski definition) is 1. The highest BCUT2D eigenvalue weighted by Gasteiger charge is 2.19. The third kappa shape index (κ3) is 4.28. The number of nitrogens with zero attached hydrogens (tertiary/aromatic N) is 4. The van der Waals surface area contributed by atoms with Gasteiger partial charge < -0.3 is 0 Å². The monoisotopic (exact) mass is 325 g/mol. The van der Waals surface area contributed by atoms with E-state index >= 15 is 0 Å². The van der Waals surface area contributed by atoms with E-state index in [2.05, 4.69) is 32.0 Å². The predicted octanol–water partition coefficient (Wildman–Crippen LogP) is 3.50. The van der Waals surface area contributed by atoms with Crippen molar-refractivity contribution >= 4 is 33.9 Å². The summed E-state index contributed by atoms with van der Waals surface area (Å²) in [7, 11) is 0. The molecule has 21 heavy (non-hydrogen) atoms. The molecule has 0 atom stereocenters. The summed E-state index contributed by atoms with van der Waals surface area (Å²) in [5.74, 6) is -0.0338. The van der Waals surface area contributed by atoms with Gasteiger partial charge in [0.25, 0.3) is 5.91 Å². The first-order valence-electron chi connectivity index (χ1n) is 7.07. The van der Waals surface area contributed by atoms with Crippen molar-refractivity contribution in [2.75, 3.05) is 5.32 Å². The van der Waals surface area contributed by atoms with Crippen molar-refractivity contribution in [2.24, 2.45) is 0 Å². The Kier molecular flexibility index (Phi) is 5.75. The maximum atomic E-state index is 12.2. The molecule has 1 N–H and O–H groups in total. The SMILES string of the molecule is CCCCCc1nnc(NC(=O)c2snnc2C(C)C)s1. The molecule has 2 aromatic heterocycles. The summed E-state index contributed by atoms with van der Waals surface area (Å²) < 4.78 is 3.86. The molecular weight excluding hydrogens is 306 g/mol. The van der Waals surface area contributed by atoms with E-state index in [0.29, 0.717) is 10.0 Å². The first-order chi connectivity index (χ1) is 10.1. The predicted molar refractivity (Wildman–Crippen MR) is 85.1 cm³/mol. The van der Waals surface area contributed by atoms with Crippen LogP contribution >= 0.6 is 22.9 Å². The molecule has 0 aliphatic rings. The molecule has 2 aromatic rings. The average molecular weight is 325 g/mol. The lowest BCUT2D eigenvalue weighted by Crippen LogP contribution is -2.12. The summed E-state index contributed by atoms with van der Waals surface area (Å²) in [6.07, 6.45) is 4.39. The molecule has 2 heterocycles. The molecule has 0 aromatic carbocycles. The third-order valence-electron chi connectivity index (χ3n) is 2.95. The van der Waals surface area contributed by atoms with E-state index in [1.807, 2.05) is 13.8 Å². The number of hydrogen-bond acceptors (Lipinski definition) is 7. The van der Waals surface area contributed by atoms with Crippen LogP contribution in [0.3, 0.4) is 0 Å². The Morgan fingerprint density at radius 3 is 2.76 bits per heavy atom. The van der Waals surface area contributed by atoms with E-state index in [9.17, 15) is 4.79 Å². The van der Waals surface area contributed by atoms with Crippen molar-refractivity contribution < 1.29 is 4.79 Å². The minimum atomic E-state index is -0.204. The highest BCUT2D eigenvalue weighted by Crippen LogP contribution is 2.23. The Morgan fingerprint density at radius 2 is 2.05 bits per heavy atom. The molecule has 0 saturated carbocycles. The Balaban J connectivity index is 1.98. The molecule has 0 aliphatic carbocycles. The number of carbonyl (C=O) groups excluding carboxylic acids is 1. The van der Waals surface area contributed by atoms with Crippen LogP contribution < -0.4 is 5.32 Å². The van der Waals surface area contributed by atoms with Gasteiger partial charge in [-0.3, -0.25) is 10.1 Å². The quantitative estimate of drug-likeness (QED) is 0.788. The lowest BCUT2D eigenvalue weighted by atomic mass is 10.1. The van der Waals surface area contributed by atoms with Crippen LogP contribution in [-0.4, -0.2) is 25.7 Å². The second kappa shape index (κ2) is 7.56. The number of aromatic nitrogens is 4. The van der Waals surface area contributed by atoms with Gasteiger partial charge in [-0.15, -0.1) is 15.3 Å². The van der Waals surface area contributed by atoms with Crippen molar-refractivity contribution in [1.82, 2.24) is 19.8 Å². The van der Waals surface area contributed by atoms with Crippen LogP contribution in [-0.2, 0) is 6.42 Å². The highest BCUT2D eigenvalue weighted by atomic mass is 32.1. The molecule has 1 amide bonds. The van der Waals surface area contributed by atoms with Crippen LogP contribution in [0.4, 0.5) is 5.13 Å². The van der Waals surface area contributed by atoms with Crippen LogP contribution in [0.5, 0.6) is 0 Å². The van der Waals surface area contributed by atoms with E-state index < -0.39 is 0 Å². The molecule has 8 heteroatoms. The zero-order chi connectivity index (χ0) is 15.2. The number of aryl methyl sites for hydroxylation is 1. The van der Waals surface area contributed by atoms with Gasteiger partial charge in [0.1, 0.15) is 9.88 Å². The normalized spacial score (nSPS) is 11.0. The smallest absolute Gasteiger partial charge is 0.271 e. The maximum Gasteiger partial charge on any atom is 0.271 e. The van der Waals surface area contributed by atoms with E-state index in [-0.39, 0.29) is 11.8 Å². The van der Waals surface area contributed by atoms with Gasteiger partial charge in [-0.2, -0.15) is 0 Å². The van der Waals surface area contributed by atoms with Crippen LogP contribution in [0.25, 0.3) is 0 Å². The van der Waals surface area contributed by atoms with Crippen LogP contribution in [0.1, 0.15) is 66.3 Å². The summed E-state index contributed by atoms with van der Waals surface area (Å²) in [4.78, 5) is 12.8. The van der Waals surface area contributed by atoms with Crippen LogP contribution in [0.15, 0.2) is 0 Å². The average Bonchev–Trinajstić information content (AvgIpc) is 3.07. The molecule has 0 bridgehead atoms. The zero-order valence-corrected chi connectivity index (χ0v) is 14.1. The van der Waals surface area contributed by atoms with Crippen molar-refractivity contribution in [2.45, 2.75) is 52.4 Å². The standard InChI is InChI=1S/C13H19N5OS2/c1-4-5-6-7-9-15-17-13(20-9)14-12(19)11-10(8(2)3)16-18-21-11/h8H,4-7H2,1-3H3,(H,14,17,19). The minimum Gasteiger partial charge on any atom is -0.296 e. The molecule has 2 rings (SSSR count). The molecule has 0 aliphatic heterocycles. The van der Waals surface area contributed by atoms with E-state index in [1.165, 1.54) is 24.2 Å². The third-order valence-corrected chi connectivity index (χ3v) is 4.59. The fourth-order valence-corrected chi connectivity index (χ4v) is 3.31. The largest absolute Gasteiger partial charge is 0.296 e. The molecule has 6 nitrogen and oxygen atoms in total. The summed E-state index contributed by atoms with van der Waals surface area (Å²) >= 11 is 2.54. The first-order valence-corrected chi connectivity index (χ1v) is 8.66. The summed E-state index contributed by atoms with van der Waals surface area (Å²) in [5, 5.41) is 16.4. The Hall–Kier alpha value is -1.41. The van der Waals surface area contributed by atoms with Gasteiger partial charge in [0.2, 0.25) is 5.13 Å². The number of nitrogens with one attached hydrogen (secondary N) is 1. The number of unbranched alkanes of at least 4 members (excludes halogenated alkanes) is 2. The lowest BCUT2D eigenvalue weighted by molar-refractivity contribution is 0.102. The van der Waals surface area contributed by atoms with Gasteiger partial charge in [0.15, 0.2) is 0 Å². The number of anilines is 1. The molecular formula is C13H19N5OS2. The first kappa shape index (κ1) is 16.0. The van der Waals surface area contributed by atoms with E-state index in [1.54, 1.807) is 0 Å². The topological polar surface area (TPSA) is 80.7 Å². The summed E-state index contributed by atoms with van der Waals surface area (Å²) in [6.45, 7) is 6.15. The van der Waals surface area contributed by atoms with Crippen LogP contribution in [0, 0.1) is 0 Å². The number of rotatable bonds is 7. The second-order valence-electron chi connectivity index (χ2n) is 5.05. The minimum absolute atomic E-state index is 0.170. The van der Waals surface area contributed by atoms with Crippen molar-refractivity contribution in [3.8, 4) is 0 Å². The number of amides is 1. The highest BCUT2D eigenvalue weighted by molar-refractivity contribution is 7.15. The van der Waals surface area contributed by atoms with Crippen molar-refractivity contribution in [3.63, 3.8) is 0 Å². The van der Waals surface area contributed by atoms with Crippen molar-refractivity contribution in [1.29, 1.82) is 0 Å². The molecule has 0 spiro atoms. The summed E-state index contributed by atoms with van der Waals surface area (Å²) in [6, 6.07) is 0. The summed E-state index contributed by atoms with van der Waals surface area (Å²) in [5.41, 5.74) is 0.727. The lowest BCUT2D eigenvalue weighted by Gasteiger charge is -2.02. The van der Waals surface area contributed by atoms with Gasteiger partial charge in [-0.05, 0) is 23.9 Å². The van der Waals surface area contributed by atoms with Gasteiger partial charge >= 0.3 is 0 Å². The van der Waals surface area contributed by atoms with Gasteiger partial charge in [0, 0.05) is 6.42 Å². The zero-order valence-electron chi connectivity index (χ0n) is 12.4. The maximum absolute atomic E-state index is 12.2. The molecule has 0 saturated heterocycles. The number of carbonyl (C=O) groups is 1. The Morgan fingerprint density at radius 1 is 1.24 bits per heavy atom. The molecule has 0 fully saturated rings. The van der Waals surface area contributed by atoms with Crippen LogP contribution in [0.2, 0.25) is 0 Å². The van der Waals surface area contributed by atoms with E-state index in [0.717, 1.165) is 35.1 Å². The van der Waals surface area contributed by atoms with Gasteiger partial charge in [-0.1, -0.05) is 49.4 Å².